The first-order chi connectivity index (χ1) is 8.66. The smallest absolute Gasteiger partial charge is 0.228 e. The maximum absolute atomic E-state index is 12.2. The predicted molar refractivity (Wildman–Crippen MR) is 73.3 cm³/mol. The number of aryl methyl sites for hydroxylation is 2. The van der Waals surface area contributed by atoms with Gasteiger partial charge in [-0.15, -0.1) is 11.3 Å². The maximum Gasteiger partial charge on any atom is 0.228 e. The van der Waals surface area contributed by atoms with Gasteiger partial charge in [0.15, 0.2) is 5.82 Å². The van der Waals surface area contributed by atoms with Crippen LogP contribution in [0.25, 0.3) is 10.3 Å². The highest BCUT2D eigenvalue weighted by Gasteiger charge is 2.16. The standard InChI is InChI=1S/C14H12N2OS/c1-8-9(2)18-14-11(8)15-13(16-14)12(17)10-6-4-3-5-7-10/h3-7H,1-2H3,(H,15,16). The van der Waals surface area contributed by atoms with Crippen molar-refractivity contribution in [1.82, 2.24) is 9.97 Å². The molecule has 0 unspecified atom stereocenters. The van der Waals surface area contributed by atoms with E-state index in [9.17, 15) is 4.79 Å². The van der Waals surface area contributed by atoms with Crippen LogP contribution in [-0.2, 0) is 0 Å². The van der Waals surface area contributed by atoms with Gasteiger partial charge in [0.1, 0.15) is 4.83 Å². The molecule has 3 nitrogen and oxygen atoms in total. The van der Waals surface area contributed by atoms with E-state index < -0.39 is 0 Å². The molecule has 0 amide bonds. The maximum atomic E-state index is 12.2. The Hall–Kier alpha value is -1.94. The first-order valence-electron chi connectivity index (χ1n) is 5.72. The Morgan fingerprint density at radius 2 is 1.94 bits per heavy atom. The number of ketones is 1. The van der Waals surface area contributed by atoms with E-state index in [-0.39, 0.29) is 5.78 Å². The van der Waals surface area contributed by atoms with Gasteiger partial charge in [-0.1, -0.05) is 30.3 Å². The zero-order valence-corrected chi connectivity index (χ0v) is 11.0. The molecule has 4 heteroatoms. The number of carbonyl (C=O) groups excluding carboxylic acids is 1. The molecule has 0 aliphatic heterocycles. The Balaban J connectivity index is 2.08. The van der Waals surface area contributed by atoms with E-state index in [1.165, 1.54) is 10.4 Å². The molecule has 0 atom stereocenters. The third-order valence-electron chi connectivity index (χ3n) is 3.07. The summed E-state index contributed by atoms with van der Waals surface area (Å²) in [4.78, 5) is 21.9. The summed E-state index contributed by atoms with van der Waals surface area (Å²) in [5, 5.41) is 0. The number of carbonyl (C=O) groups is 1. The van der Waals surface area contributed by atoms with Crippen LogP contribution in [0.3, 0.4) is 0 Å². The van der Waals surface area contributed by atoms with Crippen LogP contribution >= 0.6 is 11.3 Å². The summed E-state index contributed by atoms with van der Waals surface area (Å²) in [5.74, 6) is 0.363. The Bertz CT molecular complexity index is 725. The largest absolute Gasteiger partial charge is 0.334 e. The molecule has 0 bridgehead atoms. The summed E-state index contributed by atoms with van der Waals surface area (Å²) in [6.07, 6.45) is 0. The highest BCUT2D eigenvalue weighted by atomic mass is 32.1. The van der Waals surface area contributed by atoms with Crippen molar-refractivity contribution in [1.29, 1.82) is 0 Å². The number of fused-ring (bicyclic) bond motifs is 1. The molecule has 3 rings (SSSR count). The second-order valence-electron chi connectivity index (χ2n) is 4.24. The monoisotopic (exact) mass is 256 g/mol. The predicted octanol–water partition coefficient (Wildman–Crippen LogP) is 3.47. The lowest BCUT2D eigenvalue weighted by Gasteiger charge is -1.96. The van der Waals surface area contributed by atoms with Crippen LogP contribution in [0.2, 0.25) is 0 Å². The number of thiophene rings is 1. The fourth-order valence-corrected chi connectivity index (χ4v) is 2.90. The Morgan fingerprint density at radius 3 is 2.61 bits per heavy atom. The molecule has 3 aromatic rings. The first-order valence-corrected chi connectivity index (χ1v) is 6.54. The van der Waals surface area contributed by atoms with Gasteiger partial charge < -0.3 is 4.98 Å². The molecule has 0 radical (unpaired) electrons. The minimum absolute atomic E-state index is 0.0592. The zero-order chi connectivity index (χ0) is 12.7. The second kappa shape index (κ2) is 4.07. The molecule has 1 aromatic carbocycles. The lowest BCUT2D eigenvalue weighted by Crippen LogP contribution is -2.03. The van der Waals surface area contributed by atoms with Gasteiger partial charge in [0.05, 0.1) is 5.52 Å². The topological polar surface area (TPSA) is 45.8 Å². The average Bonchev–Trinajstić information content (AvgIpc) is 2.91. The minimum Gasteiger partial charge on any atom is -0.334 e. The Kier molecular flexibility index (Phi) is 2.52. The van der Waals surface area contributed by atoms with Gasteiger partial charge in [0, 0.05) is 10.4 Å². The highest BCUT2D eigenvalue weighted by molar-refractivity contribution is 7.18. The van der Waals surface area contributed by atoms with E-state index in [4.69, 9.17) is 0 Å². The molecule has 0 spiro atoms. The summed E-state index contributed by atoms with van der Waals surface area (Å²) >= 11 is 1.62. The second-order valence-corrected chi connectivity index (χ2v) is 5.45. The molecule has 90 valence electrons. The van der Waals surface area contributed by atoms with Crippen LogP contribution in [0.1, 0.15) is 26.6 Å². The summed E-state index contributed by atoms with van der Waals surface area (Å²) < 4.78 is 0. The van der Waals surface area contributed by atoms with E-state index in [2.05, 4.69) is 16.9 Å². The number of benzene rings is 1. The number of rotatable bonds is 2. The number of nitrogens with one attached hydrogen (secondary N) is 1. The third-order valence-corrected chi connectivity index (χ3v) is 4.18. The van der Waals surface area contributed by atoms with Crippen molar-refractivity contribution in [3.05, 3.63) is 52.2 Å². The fraction of sp³-hybridized carbons (Fsp3) is 0.143. The van der Waals surface area contributed by atoms with E-state index in [0.717, 1.165) is 10.3 Å². The van der Waals surface area contributed by atoms with Gasteiger partial charge in [-0.05, 0) is 19.4 Å². The van der Waals surface area contributed by atoms with Gasteiger partial charge >= 0.3 is 0 Å². The normalized spacial score (nSPS) is 11.0. The van der Waals surface area contributed by atoms with Crippen LogP contribution in [0.15, 0.2) is 30.3 Å². The molecule has 0 aliphatic rings. The van der Waals surface area contributed by atoms with Crippen LogP contribution < -0.4 is 0 Å². The molecule has 0 saturated carbocycles. The summed E-state index contributed by atoms with van der Waals surface area (Å²) in [6.45, 7) is 4.11. The zero-order valence-electron chi connectivity index (χ0n) is 10.2. The third kappa shape index (κ3) is 1.66. The number of aromatic amines is 1. The van der Waals surface area contributed by atoms with Gasteiger partial charge in [0.25, 0.3) is 0 Å². The molecule has 2 aromatic heterocycles. The number of imidazole rings is 1. The highest BCUT2D eigenvalue weighted by Crippen LogP contribution is 2.28. The summed E-state index contributed by atoms with van der Waals surface area (Å²) in [7, 11) is 0. The van der Waals surface area contributed by atoms with Crippen molar-refractivity contribution in [2.75, 3.05) is 0 Å². The number of aromatic nitrogens is 2. The van der Waals surface area contributed by atoms with Crippen molar-refractivity contribution < 1.29 is 4.79 Å². The van der Waals surface area contributed by atoms with Crippen molar-refractivity contribution in [3.8, 4) is 0 Å². The lowest BCUT2D eigenvalue weighted by molar-refractivity contribution is 0.103. The van der Waals surface area contributed by atoms with Gasteiger partial charge in [0.2, 0.25) is 5.78 Å². The van der Waals surface area contributed by atoms with Crippen LogP contribution in [0.5, 0.6) is 0 Å². The van der Waals surface area contributed by atoms with E-state index in [0.29, 0.717) is 11.4 Å². The van der Waals surface area contributed by atoms with Crippen molar-refractivity contribution in [2.24, 2.45) is 0 Å². The number of hydrogen-bond acceptors (Lipinski definition) is 3. The van der Waals surface area contributed by atoms with Crippen molar-refractivity contribution in [3.63, 3.8) is 0 Å². The number of nitrogens with zero attached hydrogens (tertiary/aromatic N) is 1. The quantitative estimate of drug-likeness (QED) is 0.713. The van der Waals surface area contributed by atoms with Gasteiger partial charge in [-0.3, -0.25) is 4.79 Å². The van der Waals surface area contributed by atoms with Crippen molar-refractivity contribution in [2.45, 2.75) is 13.8 Å². The molecule has 0 saturated heterocycles. The molecule has 0 fully saturated rings. The average molecular weight is 256 g/mol. The summed E-state index contributed by atoms with van der Waals surface area (Å²) in [5.41, 5.74) is 2.82. The number of hydrogen-bond donors (Lipinski definition) is 1. The Labute approximate surface area is 108 Å². The van der Waals surface area contributed by atoms with Gasteiger partial charge in [-0.2, -0.15) is 0 Å². The molecule has 2 heterocycles. The number of H-pyrrole nitrogens is 1. The van der Waals surface area contributed by atoms with Crippen LogP contribution in [-0.4, -0.2) is 15.8 Å². The molecule has 18 heavy (non-hydrogen) atoms. The fourth-order valence-electron chi connectivity index (χ4n) is 1.92. The molecule has 1 N–H and O–H groups in total. The first kappa shape index (κ1) is 11.2. The van der Waals surface area contributed by atoms with E-state index in [1.807, 2.05) is 25.1 Å². The SMILES string of the molecule is Cc1sc2nc(C(=O)c3ccccc3)[nH]c2c1C. The van der Waals surface area contributed by atoms with Crippen LogP contribution in [0, 0.1) is 13.8 Å². The van der Waals surface area contributed by atoms with Gasteiger partial charge in [-0.25, -0.2) is 4.98 Å². The lowest BCUT2D eigenvalue weighted by atomic mass is 10.1. The van der Waals surface area contributed by atoms with E-state index in [1.54, 1.807) is 23.5 Å². The van der Waals surface area contributed by atoms with E-state index >= 15 is 0 Å². The molecule has 0 aliphatic carbocycles. The van der Waals surface area contributed by atoms with Crippen molar-refractivity contribution >= 4 is 27.5 Å². The Morgan fingerprint density at radius 1 is 1.22 bits per heavy atom. The minimum atomic E-state index is -0.0592. The van der Waals surface area contributed by atoms with Crippen LogP contribution in [0.4, 0.5) is 0 Å². The summed E-state index contributed by atoms with van der Waals surface area (Å²) in [6, 6.07) is 9.21. The molecular weight excluding hydrogens is 244 g/mol. The molecular formula is C14H12N2OS.